The van der Waals surface area contributed by atoms with Crippen molar-refractivity contribution in [3.63, 3.8) is 0 Å². The van der Waals surface area contributed by atoms with Crippen LogP contribution in [0.2, 0.25) is 0 Å². The number of fused-ring (bicyclic) bond motifs is 1. The van der Waals surface area contributed by atoms with Gasteiger partial charge >= 0.3 is 6.09 Å². The molecule has 9 heteroatoms. The molecule has 0 atom stereocenters. The average molecular weight is 533 g/mol. The SMILES string of the molecule is Cc1c(-c2ccccc2-c2ccc(F)cc2F)nc2cc(C(=O)N3CCN(C(=O)OC(C)(C)C)CC3)ccn12. The second-order valence-electron chi connectivity index (χ2n) is 10.6. The molecular formula is C30H30F2N4O3. The van der Waals surface area contributed by atoms with Gasteiger partial charge in [0.15, 0.2) is 0 Å². The molecule has 1 aliphatic rings. The number of carbonyl (C=O) groups excluding carboxylic acids is 2. The third-order valence-electron chi connectivity index (χ3n) is 6.73. The van der Waals surface area contributed by atoms with Crippen molar-refractivity contribution in [3.8, 4) is 22.4 Å². The molecule has 0 N–H and O–H groups in total. The number of nitrogens with zero attached hydrogens (tertiary/aromatic N) is 4. The Morgan fingerprint density at radius 2 is 1.54 bits per heavy atom. The van der Waals surface area contributed by atoms with Crippen molar-refractivity contribution >= 4 is 17.6 Å². The number of carbonyl (C=O) groups is 2. The summed E-state index contributed by atoms with van der Waals surface area (Å²) < 4.78 is 35.5. The topological polar surface area (TPSA) is 67.2 Å². The molecule has 0 bridgehead atoms. The van der Waals surface area contributed by atoms with E-state index in [0.29, 0.717) is 54.2 Å². The minimum absolute atomic E-state index is 0.141. The number of halogens is 2. The van der Waals surface area contributed by atoms with E-state index in [1.165, 1.54) is 12.1 Å². The van der Waals surface area contributed by atoms with Gasteiger partial charge in [-0.3, -0.25) is 4.79 Å². The van der Waals surface area contributed by atoms with Gasteiger partial charge in [-0.2, -0.15) is 0 Å². The van der Waals surface area contributed by atoms with Crippen LogP contribution in [0.5, 0.6) is 0 Å². The largest absolute Gasteiger partial charge is 0.444 e. The van der Waals surface area contributed by atoms with E-state index in [4.69, 9.17) is 9.72 Å². The molecule has 2 aromatic carbocycles. The monoisotopic (exact) mass is 532 g/mol. The molecule has 1 aliphatic heterocycles. The molecule has 1 saturated heterocycles. The third kappa shape index (κ3) is 5.34. The number of aromatic nitrogens is 2. The van der Waals surface area contributed by atoms with Gasteiger partial charge in [0.2, 0.25) is 0 Å². The van der Waals surface area contributed by atoms with Crippen LogP contribution >= 0.6 is 0 Å². The summed E-state index contributed by atoms with van der Waals surface area (Å²) in [5.41, 5.74) is 3.54. The van der Waals surface area contributed by atoms with Gasteiger partial charge in [0.05, 0.1) is 5.69 Å². The summed E-state index contributed by atoms with van der Waals surface area (Å²) in [4.78, 5) is 33.8. The fraction of sp³-hybridized carbons (Fsp3) is 0.300. The Labute approximate surface area is 225 Å². The predicted molar refractivity (Wildman–Crippen MR) is 144 cm³/mol. The van der Waals surface area contributed by atoms with Gasteiger partial charge < -0.3 is 18.9 Å². The van der Waals surface area contributed by atoms with Gasteiger partial charge in [-0.25, -0.2) is 18.6 Å². The summed E-state index contributed by atoms with van der Waals surface area (Å²) in [6.45, 7) is 8.97. The molecule has 0 saturated carbocycles. The molecule has 4 aromatic rings. The number of ether oxygens (including phenoxy) is 1. The van der Waals surface area contributed by atoms with Crippen LogP contribution in [0.25, 0.3) is 28.0 Å². The number of imidazole rings is 1. The lowest BCUT2D eigenvalue weighted by Crippen LogP contribution is -2.51. The van der Waals surface area contributed by atoms with Crippen molar-refractivity contribution in [3.05, 3.63) is 83.7 Å². The number of amides is 2. The van der Waals surface area contributed by atoms with Gasteiger partial charge in [0.1, 0.15) is 22.9 Å². The number of benzene rings is 2. The molecule has 2 amide bonds. The van der Waals surface area contributed by atoms with Gasteiger partial charge in [-0.05, 0) is 57.5 Å². The Hall–Kier alpha value is -4.27. The zero-order chi connectivity index (χ0) is 27.9. The minimum Gasteiger partial charge on any atom is -0.444 e. The zero-order valence-electron chi connectivity index (χ0n) is 22.4. The lowest BCUT2D eigenvalue weighted by molar-refractivity contribution is 0.0141. The fourth-order valence-corrected chi connectivity index (χ4v) is 4.79. The van der Waals surface area contributed by atoms with E-state index < -0.39 is 17.2 Å². The summed E-state index contributed by atoms with van der Waals surface area (Å²) in [6, 6.07) is 14.3. The van der Waals surface area contributed by atoms with Crippen molar-refractivity contribution in [2.75, 3.05) is 26.2 Å². The maximum Gasteiger partial charge on any atom is 0.410 e. The van der Waals surface area contributed by atoms with Crippen LogP contribution in [0, 0.1) is 18.6 Å². The number of piperazine rings is 1. The molecule has 3 heterocycles. The number of hydrogen-bond donors (Lipinski definition) is 0. The highest BCUT2D eigenvalue weighted by molar-refractivity contribution is 5.95. The van der Waals surface area contributed by atoms with Crippen molar-refractivity contribution in [1.82, 2.24) is 19.2 Å². The molecule has 0 unspecified atom stereocenters. The Bertz CT molecular complexity index is 1570. The lowest BCUT2D eigenvalue weighted by Gasteiger charge is -2.35. The van der Waals surface area contributed by atoms with E-state index in [9.17, 15) is 18.4 Å². The van der Waals surface area contributed by atoms with Crippen molar-refractivity contribution < 1.29 is 23.1 Å². The van der Waals surface area contributed by atoms with E-state index in [2.05, 4.69) is 0 Å². The molecule has 39 heavy (non-hydrogen) atoms. The van der Waals surface area contributed by atoms with Gasteiger partial charge in [-0.1, -0.05) is 24.3 Å². The zero-order valence-corrected chi connectivity index (χ0v) is 22.4. The van der Waals surface area contributed by atoms with Crippen LogP contribution < -0.4 is 0 Å². The lowest BCUT2D eigenvalue weighted by atomic mass is 9.96. The van der Waals surface area contributed by atoms with Crippen LogP contribution in [0.1, 0.15) is 36.8 Å². The Morgan fingerprint density at radius 3 is 2.21 bits per heavy atom. The second-order valence-corrected chi connectivity index (χ2v) is 10.6. The van der Waals surface area contributed by atoms with Gasteiger partial charge in [0, 0.05) is 60.8 Å². The number of aryl methyl sites for hydroxylation is 1. The van der Waals surface area contributed by atoms with Crippen molar-refractivity contribution in [1.29, 1.82) is 0 Å². The van der Waals surface area contributed by atoms with E-state index in [0.717, 1.165) is 11.8 Å². The first-order valence-corrected chi connectivity index (χ1v) is 12.8. The molecule has 2 aromatic heterocycles. The highest BCUT2D eigenvalue weighted by Gasteiger charge is 2.28. The first kappa shape index (κ1) is 26.3. The Balaban J connectivity index is 1.40. The van der Waals surface area contributed by atoms with E-state index in [-0.39, 0.29) is 17.6 Å². The summed E-state index contributed by atoms with van der Waals surface area (Å²) in [5.74, 6) is -1.43. The highest BCUT2D eigenvalue weighted by atomic mass is 19.1. The molecule has 202 valence electrons. The van der Waals surface area contributed by atoms with E-state index in [1.807, 2.05) is 44.2 Å². The fourth-order valence-electron chi connectivity index (χ4n) is 4.79. The summed E-state index contributed by atoms with van der Waals surface area (Å²) >= 11 is 0. The predicted octanol–water partition coefficient (Wildman–Crippen LogP) is 5.95. The number of hydrogen-bond acceptors (Lipinski definition) is 4. The first-order valence-electron chi connectivity index (χ1n) is 12.8. The molecule has 5 rings (SSSR count). The molecule has 0 aliphatic carbocycles. The van der Waals surface area contributed by atoms with Crippen LogP contribution in [-0.2, 0) is 4.74 Å². The molecule has 0 radical (unpaired) electrons. The van der Waals surface area contributed by atoms with Gasteiger partial charge in [0.25, 0.3) is 5.91 Å². The Kier molecular flexibility index (Phi) is 6.84. The highest BCUT2D eigenvalue weighted by Crippen LogP contribution is 2.35. The third-order valence-corrected chi connectivity index (χ3v) is 6.73. The summed E-state index contributed by atoms with van der Waals surface area (Å²) in [6.07, 6.45) is 1.42. The van der Waals surface area contributed by atoms with Crippen LogP contribution in [0.15, 0.2) is 60.8 Å². The quantitative estimate of drug-likeness (QED) is 0.327. The molecule has 0 spiro atoms. The smallest absolute Gasteiger partial charge is 0.410 e. The van der Waals surface area contributed by atoms with Crippen LogP contribution in [-0.4, -0.2) is 63.0 Å². The summed E-state index contributed by atoms with van der Waals surface area (Å²) in [5, 5.41) is 0. The van der Waals surface area contributed by atoms with E-state index >= 15 is 0 Å². The maximum absolute atomic E-state index is 14.7. The Morgan fingerprint density at radius 1 is 0.872 bits per heavy atom. The number of rotatable bonds is 3. The van der Waals surface area contributed by atoms with Crippen LogP contribution in [0.4, 0.5) is 13.6 Å². The van der Waals surface area contributed by atoms with Gasteiger partial charge in [-0.15, -0.1) is 0 Å². The maximum atomic E-state index is 14.7. The molecular weight excluding hydrogens is 502 g/mol. The first-order chi connectivity index (χ1) is 18.5. The standard InChI is InChI=1S/C30H30F2N4O3/c1-19-27(24-8-6-5-7-22(24)23-10-9-21(31)18-25(23)32)33-26-17-20(11-12-36(19)26)28(37)34-13-15-35(16-14-34)29(38)39-30(2,3)4/h5-12,17-18H,13-16H2,1-4H3. The minimum atomic E-state index is -0.650. The van der Waals surface area contributed by atoms with E-state index in [1.54, 1.807) is 40.3 Å². The second kappa shape index (κ2) is 10.1. The average Bonchev–Trinajstić information content (AvgIpc) is 3.23. The van der Waals surface area contributed by atoms with Crippen molar-refractivity contribution in [2.24, 2.45) is 0 Å². The van der Waals surface area contributed by atoms with Crippen LogP contribution in [0.3, 0.4) is 0 Å². The summed E-state index contributed by atoms with van der Waals surface area (Å²) in [7, 11) is 0. The molecule has 7 nitrogen and oxygen atoms in total. The molecule has 1 fully saturated rings. The van der Waals surface area contributed by atoms with Crippen molar-refractivity contribution in [2.45, 2.75) is 33.3 Å². The normalized spacial score (nSPS) is 14.1. The number of pyridine rings is 1.